The molecule has 2 aliphatic rings. The summed E-state index contributed by atoms with van der Waals surface area (Å²) in [5.41, 5.74) is -6.60. The van der Waals surface area contributed by atoms with E-state index in [2.05, 4.69) is 0 Å². The maximum absolute atomic E-state index is 16.7. The molecular weight excluding hydrogens is 723 g/mol. The molecule has 0 radical (unpaired) electrons. The predicted octanol–water partition coefficient (Wildman–Crippen LogP) is 12.2. The summed E-state index contributed by atoms with van der Waals surface area (Å²) in [7, 11) is 2.83. The fourth-order valence-corrected chi connectivity index (χ4v) is 9.79. The van der Waals surface area contributed by atoms with Gasteiger partial charge in [0.1, 0.15) is 28.6 Å². The number of benzene rings is 1. The molecular formula is C40H38F6O4S2. The van der Waals surface area contributed by atoms with Gasteiger partial charge in [-0.3, -0.25) is 0 Å². The second-order valence-corrected chi connectivity index (χ2v) is 17.5. The highest BCUT2D eigenvalue weighted by Gasteiger charge is 2.82. The summed E-state index contributed by atoms with van der Waals surface area (Å²) in [4.78, 5) is 2.86. The highest BCUT2D eigenvalue weighted by atomic mass is 32.1. The van der Waals surface area contributed by atoms with E-state index in [4.69, 9.17) is 18.3 Å². The quantitative estimate of drug-likeness (QED) is 0.162. The zero-order valence-corrected chi connectivity index (χ0v) is 31.8. The largest absolute Gasteiger partial charge is 0.497 e. The van der Waals surface area contributed by atoms with Crippen molar-refractivity contribution in [1.29, 1.82) is 0 Å². The molecule has 0 bridgehead atoms. The maximum atomic E-state index is 16.7. The van der Waals surface area contributed by atoms with Gasteiger partial charge in [0.05, 0.1) is 13.7 Å². The summed E-state index contributed by atoms with van der Waals surface area (Å²) in [5.74, 6) is -16.5. The molecule has 4 aromatic heterocycles. The molecule has 2 aliphatic carbocycles. The van der Waals surface area contributed by atoms with Crippen LogP contribution in [0.3, 0.4) is 0 Å². The minimum Gasteiger partial charge on any atom is -0.497 e. The molecule has 0 saturated heterocycles. The van der Waals surface area contributed by atoms with E-state index < -0.39 is 45.5 Å². The van der Waals surface area contributed by atoms with Gasteiger partial charge in [0.15, 0.2) is 5.41 Å². The molecule has 52 heavy (non-hydrogen) atoms. The van der Waals surface area contributed by atoms with E-state index in [9.17, 15) is 0 Å². The van der Waals surface area contributed by atoms with Crippen LogP contribution in [0.15, 0.2) is 57.4 Å². The van der Waals surface area contributed by atoms with Gasteiger partial charge in [-0.05, 0) is 54.2 Å². The van der Waals surface area contributed by atoms with Crippen molar-refractivity contribution in [3.8, 4) is 5.75 Å². The van der Waals surface area contributed by atoms with E-state index in [1.165, 1.54) is 74.2 Å². The Hall–Kier alpha value is -3.74. The molecule has 0 saturated carbocycles. The van der Waals surface area contributed by atoms with Crippen molar-refractivity contribution in [2.75, 3.05) is 20.8 Å². The van der Waals surface area contributed by atoms with Crippen molar-refractivity contribution in [3.63, 3.8) is 0 Å². The number of fused-ring (bicyclic) bond motifs is 6. The molecule has 5 aromatic rings. The molecule has 0 spiro atoms. The van der Waals surface area contributed by atoms with E-state index in [1.807, 2.05) is 65.8 Å². The van der Waals surface area contributed by atoms with Crippen LogP contribution in [0.2, 0.25) is 0 Å². The topological polar surface area (TPSA) is 44.7 Å². The third kappa shape index (κ3) is 4.82. The van der Waals surface area contributed by atoms with Crippen molar-refractivity contribution >= 4 is 50.9 Å². The lowest BCUT2D eigenvalue weighted by Gasteiger charge is -2.32. The van der Waals surface area contributed by atoms with Crippen LogP contribution in [0.4, 0.5) is 26.3 Å². The zero-order chi connectivity index (χ0) is 38.0. The smallest absolute Gasteiger partial charge is 0.380 e. The molecule has 0 aliphatic heterocycles. The number of alkyl halides is 6. The molecule has 4 nitrogen and oxygen atoms in total. The van der Waals surface area contributed by atoms with Crippen LogP contribution in [-0.2, 0) is 21.0 Å². The number of furan rings is 2. The minimum absolute atomic E-state index is 0.00190. The standard InChI is InChI=1S/C40H38F6O4S2/c1-20-22(11-10-18-47-8)29-31-32(39(43,44)40(45,46)38(31,41)42)30-23-13-12-21(48-9)19-24(23)50-34(30)37(33(29)49-20,27-16-14-25(51-27)35(2,3)4)28-17-15-26(52-28)36(5,6)7/h10-17,19H,18H2,1-9H3/b11-10-. The van der Waals surface area contributed by atoms with Crippen LogP contribution in [-0.4, -0.2) is 38.6 Å². The van der Waals surface area contributed by atoms with E-state index in [0.29, 0.717) is 15.5 Å². The zero-order valence-electron chi connectivity index (χ0n) is 30.1. The highest BCUT2D eigenvalue weighted by molar-refractivity contribution is 7.14. The van der Waals surface area contributed by atoms with Crippen LogP contribution >= 0.6 is 22.7 Å². The summed E-state index contributed by atoms with van der Waals surface area (Å²) >= 11 is 2.71. The molecule has 0 fully saturated rings. The number of hydrogen-bond donors (Lipinski definition) is 0. The third-order valence-corrected chi connectivity index (χ3v) is 13.1. The lowest BCUT2D eigenvalue weighted by atomic mass is 9.75. The van der Waals surface area contributed by atoms with E-state index in [0.717, 1.165) is 9.75 Å². The fraction of sp³-hybridized carbons (Fsp3) is 0.400. The van der Waals surface area contributed by atoms with Crippen molar-refractivity contribution in [2.45, 2.75) is 82.5 Å². The van der Waals surface area contributed by atoms with Crippen LogP contribution in [0, 0.1) is 6.92 Å². The Labute approximate surface area is 305 Å². The second-order valence-electron chi connectivity index (χ2n) is 15.4. The predicted molar refractivity (Wildman–Crippen MR) is 194 cm³/mol. The summed E-state index contributed by atoms with van der Waals surface area (Å²) in [5, 5.41) is -0.0422. The number of methoxy groups -OCH3 is 2. The maximum Gasteiger partial charge on any atom is 0.380 e. The lowest BCUT2D eigenvalue weighted by molar-refractivity contribution is -0.254. The number of rotatable bonds is 6. The Bertz CT molecular complexity index is 2230. The van der Waals surface area contributed by atoms with Gasteiger partial charge in [-0.25, -0.2) is 0 Å². The van der Waals surface area contributed by atoms with Gasteiger partial charge < -0.3 is 18.3 Å². The molecule has 276 valence electrons. The van der Waals surface area contributed by atoms with Crippen LogP contribution in [0.5, 0.6) is 5.75 Å². The van der Waals surface area contributed by atoms with E-state index in [-0.39, 0.29) is 51.3 Å². The van der Waals surface area contributed by atoms with Gasteiger partial charge in [0.2, 0.25) is 0 Å². The Morgan fingerprint density at radius 1 is 0.731 bits per heavy atom. The van der Waals surface area contributed by atoms with E-state index in [1.54, 1.807) is 0 Å². The molecule has 0 atom stereocenters. The number of aryl methyl sites for hydroxylation is 1. The lowest BCUT2D eigenvalue weighted by Crippen LogP contribution is -2.49. The van der Waals surface area contributed by atoms with Crippen molar-refractivity contribution in [3.05, 3.63) is 102 Å². The molecule has 0 unspecified atom stereocenters. The summed E-state index contributed by atoms with van der Waals surface area (Å²) in [6.45, 7) is 13.6. The van der Waals surface area contributed by atoms with Crippen LogP contribution in [0.25, 0.3) is 28.2 Å². The van der Waals surface area contributed by atoms with Gasteiger partial charge in [0, 0.05) is 65.9 Å². The van der Waals surface area contributed by atoms with Crippen molar-refractivity contribution in [1.82, 2.24) is 0 Å². The summed E-state index contributed by atoms with van der Waals surface area (Å²) < 4.78 is 122. The van der Waals surface area contributed by atoms with E-state index >= 15 is 26.3 Å². The first-order valence-electron chi connectivity index (χ1n) is 16.7. The first-order chi connectivity index (χ1) is 24.1. The monoisotopic (exact) mass is 760 g/mol. The van der Waals surface area contributed by atoms with Gasteiger partial charge in [-0.15, -0.1) is 22.7 Å². The molecule has 1 aromatic carbocycles. The van der Waals surface area contributed by atoms with Crippen LogP contribution < -0.4 is 4.74 Å². The first-order valence-corrected chi connectivity index (χ1v) is 18.3. The van der Waals surface area contributed by atoms with Gasteiger partial charge in [-0.1, -0.05) is 53.7 Å². The number of ether oxygens (including phenoxy) is 2. The Kier molecular flexibility index (Phi) is 8.19. The van der Waals surface area contributed by atoms with Gasteiger partial charge in [0.25, 0.3) is 0 Å². The van der Waals surface area contributed by atoms with Crippen molar-refractivity contribution < 1.29 is 44.7 Å². The normalized spacial score (nSPS) is 18.9. The third-order valence-electron chi connectivity index (χ3n) is 9.85. The second kappa shape index (κ2) is 11.6. The Morgan fingerprint density at radius 3 is 1.77 bits per heavy atom. The highest BCUT2D eigenvalue weighted by Crippen LogP contribution is 2.70. The summed E-state index contributed by atoms with van der Waals surface area (Å²) in [6.07, 6.45) is 2.90. The molecule has 4 heterocycles. The SMILES string of the molecule is COC/C=C\c1c(C)oc2c1C1=C(c3c(oc4cc(OC)ccc34)C2(c2ccc(C(C)(C)C)s2)c2ccc(C(C)(C)C)s2)C(F)(F)C(F)(F)C1(F)F. The fourth-order valence-electron chi connectivity index (χ4n) is 7.20. The Morgan fingerprint density at radius 2 is 1.27 bits per heavy atom. The first kappa shape index (κ1) is 36.6. The Balaban J connectivity index is 1.79. The number of halogens is 6. The average molecular weight is 761 g/mol. The minimum atomic E-state index is -5.79. The van der Waals surface area contributed by atoms with Crippen molar-refractivity contribution in [2.24, 2.45) is 0 Å². The number of thiophene rings is 2. The summed E-state index contributed by atoms with van der Waals surface area (Å²) in [6, 6.07) is 11.7. The molecule has 12 heteroatoms. The van der Waals surface area contributed by atoms with Gasteiger partial charge in [-0.2, -0.15) is 26.3 Å². The molecule has 0 amide bonds. The molecule has 0 N–H and O–H groups in total. The van der Waals surface area contributed by atoms with Crippen LogP contribution in [0.1, 0.15) is 95.0 Å². The number of hydrogen-bond acceptors (Lipinski definition) is 6. The number of allylic oxidation sites excluding steroid dienone is 2. The van der Waals surface area contributed by atoms with Gasteiger partial charge >= 0.3 is 17.8 Å². The average Bonchev–Trinajstić information content (AvgIpc) is 3.86. The molecule has 7 rings (SSSR count).